The van der Waals surface area contributed by atoms with Crippen molar-refractivity contribution in [3.63, 3.8) is 0 Å². The molecule has 0 fully saturated rings. The molecule has 0 saturated heterocycles. The third-order valence-electron chi connectivity index (χ3n) is 2.33. The minimum absolute atomic E-state index is 0.00977. The predicted molar refractivity (Wildman–Crippen MR) is 75.1 cm³/mol. The van der Waals surface area contributed by atoms with Crippen LogP contribution in [0.2, 0.25) is 10.0 Å². The number of aliphatic carboxylic acids is 1. The molecule has 0 aromatic heterocycles. The maximum atomic E-state index is 11.1. The fourth-order valence-electron chi connectivity index (χ4n) is 1.37. The van der Waals surface area contributed by atoms with Gasteiger partial charge in [0.25, 0.3) is 0 Å². The number of methoxy groups -OCH3 is 1. The van der Waals surface area contributed by atoms with Crippen molar-refractivity contribution in [2.75, 3.05) is 7.11 Å². The van der Waals surface area contributed by atoms with Crippen LogP contribution in [0, 0.1) is 5.92 Å². The molecule has 0 bridgehead atoms. The molecule has 0 saturated carbocycles. The lowest BCUT2D eigenvalue weighted by Gasteiger charge is -2.17. The number of hydrogen-bond acceptors (Lipinski definition) is 3. The van der Waals surface area contributed by atoms with Gasteiger partial charge in [-0.05, 0) is 18.1 Å². The van der Waals surface area contributed by atoms with Crippen LogP contribution in [-0.2, 0) is 4.79 Å². The first-order chi connectivity index (χ1) is 8.38. The average molecular weight is 309 g/mol. The Labute approximate surface area is 120 Å². The molecule has 100 valence electrons. The predicted octanol–water partition coefficient (Wildman–Crippen LogP) is 4.20. The molecule has 0 spiro atoms. The lowest BCUT2D eigenvalue weighted by Crippen LogP contribution is -2.22. The van der Waals surface area contributed by atoms with Crippen LogP contribution in [0.3, 0.4) is 0 Å². The molecule has 1 unspecified atom stereocenters. The zero-order valence-corrected chi connectivity index (χ0v) is 12.6. The molecule has 0 aliphatic rings. The molecule has 3 nitrogen and oxygen atoms in total. The molecule has 0 heterocycles. The summed E-state index contributed by atoms with van der Waals surface area (Å²) in [4.78, 5) is 11.8. The van der Waals surface area contributed by atoms with E-state index < -0.39 is 11.2 Å². The van der Waals surface area contributed by atoms with Crippen molar-refractivity contribution in [3.8, 4) is 5.75 Å². The van der Waals surface area contributed by atoms with Crippen LogP contribution in [0.4, 0.5) is 0 Å². The SMILES string of the molecule is COc1ccc(SC(C(=O)O)C(C)C)c(Cl)c1Cl. The second kappa shape index (κ2) is 6.55. The number of carbonyl (C=O) groups is 1. The highest BCUT2D eigenvalue weighted by Crippen LogP contribution is 2.41. The number of carboxylic acids is 1. The van der Waals surface area contributed by atoms with Crippen LogP contribution >= 0.6 is 35.0 Å². The van der Waals surface area contributed by atoms with Crippen molar-refractivity contribution in [2.24, 2.45) is 5.92 Å². The molecule has 1 N–H and O–H groups in total. The van der Waals surface area contributed by atoms with Crippen molar-refractivity contribution in [3.05, 3.63) is 22.2 Å². The zero-order chi connectivity index (χ0) is 13.9. The number of halogens is 2. The molecular weight excluding hydrogens is 295 g/mol. The minimum Gasteiger partial charge on any atom is -0.495 e. The van der Waals surface area contributed by atoms with Crippen LogP contribution < -0.4 is 4.74 Å². The highest BCUT2D eigenvalue weighted by molar-refractivity contribution is 8.00. The van der Waals surface area contributed by atoms with Gasteiger partial charge in [0.2, 0.25) is 0 Å². The standard InChI is InChI=1S/C12H14Cl2O3S/c1-6(2)11(12(15)16)18-8-5-4-7(17-3)9(13)10(8)14/h4-6,11H,1-3H3,(H,15,16). The Balaban J connectivity index is 3.04. The smallest absolute Gasteiger partial charge is 0.317 e. The summed E-state index contributed by atoms with van der Waals surface area (Å²) in [6.07, 6.45) is 0. The Kier molecular flexibility index (Phi) is 5.63. The van der Waals surface area contributed by atoms with E-state index in [1.54, 1.807) is 12.1 Å². The van der Waals surface area contributed by atoms with Crippen LogP contribution in [0.25, 0.3) is 0 Å². The first-order valence-electron chi connectivity index (χ1n) is 5.30. The molecule has 0 aliphatic heterocycles. The van der Waals surface area contributed by atoms with Crippen molar-refractivity contribution < 1.29 is 14.6 Å². The summed E-state index contributed by atoms with van der Waals surface area (Å²) in [6.45, 7) is 3.70. The number of carboxylic acid groups (broad SMARTS) is 1. The summed E-state index contributed by atoms with van der Waals surface area (Å²) in [5, 5.41) is 9.21. The van der Waals surface area contributed by atoms with Crippen LogP contribution in [0.15, 0.2) is 17.0 Å². The zero-order valence-electron chi connectivity index (χ0n) is 10.2. The topological polar surface area (TPSA) is 46.5 Å². The summed E-state index contributed by atoms with van der Waals surface area (Å²) in [6, 6.07) is 3.39. The largest absolute Gasteiger partial charge is 0.495 e. The van der Waals surface area contributed by atoms with Gasteiger partial charge in [0.05, 0.1) is 12.1 Å². The Morgan fingerprint density at radius 2 is 1.94 bits per heavy atom. The summed E-state index contributed by atoms with van der Waals surface area (Å²) in [7, 11) is 1.50. The van der Waals surface area contributed by atoms with Gasteiger partial charge in [-0.1, -0.05) is 37.0 Å². The van der Waals surface area contributed by atoms with Gasteiger partial charge in [0, 0.05) is 4.90 Å². The maximum Gasteiger partial charge on any atom is 0.317 e. The average Bonchev–Trinajstić information content (AvgIpc) is 2.30. The van der Waals surface area contributed by atoms with Crippen molar-refractivity contribution in [1.29, 1.82) is 0 Å². The van der Waals surface area contributed by atoms with Crippen LogP contribution in [-0.4, -0.2) is 23.4 Å². The fraction of sp³-hybridized carbons (Fsp3) is 0.417. The third-order valence-corrected chi connectivity index (χ3v) is 4.90. The van der Waals surface area contributed by atoms with Gasteiger partial charge >= 0.3 is 5.97 Å². The van der Waals surface area contributed by atoms with Crippen molar-refractivity contribution in [2.45, 2.75) is 24.0 Å². The summed E-state index contributed by atoms with van der Waals surface area (Å²) in [5.74, 6) is -0.398. The minimum atomic E-state index is -0.863. The van der Waals surface area contributed by atoms with E-state index >= 15 is 0 Å². The Hall–Kier alpha value is -0.580. The number of benzene rings is 1. The first kappa shape index (κ1) is 15.5. The summed E-state index contributed by atoms with van der Waals surface area (Å²) in [5.41, 5.74) is 0. The maximum absolute atomic E-state index is 11.1. The Morgan fingerprint density at radius 3 is 2.39 bits per heavy atom. The molecule has 0 radical (unpaired) electrons. The molecule has 0 aliphatic carbocycles. The summed E-state index contributed by atoms with van der Waals surface area (Å²) >= 11 is 13.3. The monoisotopic (exact) mass is 308 g/mol. The lowest BCUT2D eigenvalue weighted by molar-refractivity contribution is -0.137. The van der Waals surface area contributed by atoms with Gasteiger partial charge in [-0.2, -0.15) is 0 Å². The summed E-state index contributed by atoms with van der Waals surface area (Å²) < 4.78 is 5.04. The van der Waals surface area contributed by atoms with Gasteiger partial charge < -0.3 is 9.84 Å². The molecule has 1 aromatic carbocycles. The van der Waals surface area contributed by atoms with Gasteiger partial charge in [0.15, 0.2) is 0 Å². The van der Waals surface area contributed by atoms with Crippen molar-refractivity contribution >= 4 is 40.9 Å². The number of thioether (sulfide) groups is 1. The quantitative estimate of drug-likeness (QED) is 0.828. The highest BCUT2D eigenvalue weighted by atomic mass is 35.5. The molecule has 1 rings (SSSR count). The van der Waals surface area contributed by atoms with E-state index in [2.05, 4.69) is 0 Å². The van der Waals surface area contributed by atoms with Crippen LogP contribution in [0.1, 0.15) is 13.8 Å². The van der Waals surface area contributed by atoms with E-state index in [-0.39, 0.29) is 5.92 Å². The second-order valence-corrected chi connectivity index (χ2v) is 5.95. The molecule has 0 amide bonds. The van der Waals surface area contributed by atoms with Gasteiger partial charge in [-0.15, -0.1) is 11.8 Å². The van der Waals surface area contributed by atoms with E-state index in [0.717, 1.165) is 0 Å². The van der Waals surface area contributed by atoms with Gasteiger partial charge in [0.1, 0.15) is 16.0 Å². The number of rotatable bonds is 5. The molecule has 1 atom stereocenters. The normalized spacial score (nSPS) is 12.6. The molecule has 6 heteroatoms. The van der Waals surface area contributed by atoms with Crippen LogP contribution in [0.5, 0.6) is 5.75 Å². The van der Waals surface area contributed by atoms with Crippen molar-refractivity contribution in [1.82, 2.24) is 0 Å². The third kappa shape index (κ3) is 3.46. The van der Waals surface area contributed by atoms with Gasteiger partial charge in [-0.25, -0.2) is 0 Å². The number of ether oxygens (including phenoxy) is 1. The van der Waals surface area contributed by atoms with E-state index in [4.69, 9.17) is 33.0 Å². The van der Waals surface area contributed by atoms with Gasteiger partial charge in [-0.3, -0.25) is 4.79 Å². The van der Waals surface area contributed by atoms with E-state index in [1.807, 2.05) is 13.8 Å². The highest BCUT2D eigenvalue weighted by Gasteiger charge is 2.24. The Bertz CT molecular complexity index is 449. The molecule has 1 aromatic rings. The molecule has 18 heavy (non-hydrogen) atoms. The Morgan fingerprint density at radius 1 is 1.33 bits per heavy atom. The second-order valence-electron chi connectivity index (χ2n) is 4.01. The van der Waals surface area contributed by atoms with E-state index in [1.165, 1.54) is 18.9 Å². The van der Waals surface area contributed by atoms with E-state index in [0.29, 0.717) is 20.7 Å². The first-order valence-corrected chi connectivity index (χ1v) is 6.93. The lowest BCUT2D eigenvalue weighted by atomic mass is 10.1. The van der Waals surface area contributed by atoms with E-state index in [9.17, 15) is 4.79 Å². The molecular formula is C12H14Cl2O3S. The fourth-order valence-corrected chi connectivity index (χ4v) is 2.96. The number of hydrogen-bond donors (Lipinski definition) is 1.